The van der Waals surface area contributed by atoms with E-state index in [4.69, 9.17) is 4.42 Å². The summed E-state index contributed by atoms with van der Waals surface area (Å²) in [6, 6.07) is 4.33. The fraction of sp³-hybridized carbons (Fsp3) is 0.500. The topological polar surface area (TPSA) is 28.4 Å². The van der Waals surface area contributed by atoms with E-state index in [-0.39, 0.29) is 0 Å². The van der Waals surface area contributed by atoms with Crippen LogP contribution >= 0.6 is 27.3 Å². The Morgan fingerprint density at radius 3 is 2.81 bits per heavy atom. The molecule has 0 bridgehead atoms. The molecule has 0 saturated heterocycles. The molecule has 3 nitrogen and oxygen atoms in total. The van der Waals surface area contributed by atoms with Gasteiger partial charge in [0.05, 0.1) is 13.1 Å². The predicted octanol–water partition coefficient (Wildman–Crippen LogP) is 4.54. The monoisotopic (exact) mass is 370 g/mol. The van der Waals surface area contributed by atoms with Gasteiger partial charge in [0.1, 0.15) is 11.5 Å². The molecule has 0 spiro atoms. The summed E-state index contributed by atoms with van der Waals surface area (Å²) in [5.74, 6) is 2.10. The molecule has 0 unspecified atom stereocenters. The van der Waals surface area contributed by atoms with Gasteiger partial charge in [-0.1, -0.05) is 6.92 Å². The van der Waals surface area contributed by atoms with Crippen molar-refractivity contribution in [2.24, 2.45) is 0 Å². The molecule has 2 aromatic rings. The van der Waals surface area contributed by atoms with Crippen LogP contribution < -0.4 is 5.32 Å². The maximum atomic E-state index is 5.96. The van der Waals surface area contributed by atoms with E-state index in [1.807, 2.05) is 0 Å². The van der Waals surface area contributed by atoms with Crippen molar-refractivity contribution in [1.82, 2.24) is 10.2 Å². The van der Waals surface area contributed by atoms with E-state index in [1.54, 1.807) is 11.3 Å². The first kappa shape index (κ1) is 16.7. The molecule has 116 valence electrons. The van der Waals surface area contributed by atoms with E-state index in [0.717, 1.165) is 48.6 Å². The zero-order chi connectivity index (χ0) is 15.2. The average Bonchev–Trinajstić information content (AvgIpc) is 2.96. The summed E-state index contributed by atoms with van der Waals surface area (Å²) in [5, 5.41) is 5.51. The molecule has 0 fully saturated rings. The van der Waals surface area contributed by atoms with Crippen LogP contribution in [0.3, 0.4) is 0 Å². The van der Waals surface area contributed by atoms with Crippen LogP contribution in [0.15, 0.2) is 26.4 Å². The molecule has 0 aliphatic carbocycles. The number of furan rings is 1. The molecule has 2 aromatic heterocycles. The van der Waals surface area contributed by atoms with Gasteiger partial charge >= 0.3 is 0 Å². The van der Waals surface area contributed by atoms with Crippen LogP contribution in [0.1, 0.15) is 35.3 Å². The van der Waals surface area contributed by atoms with Crippen molar-refractivity contribution in [2.75, 3.05) is 13.6 Å². The standard InChI is InChI=1S/C16H23BrN2OS/c1-4-5-18-8-16-12(2)6-14(20-16)9-19(3)10-15-7-13(17)11-21-15/h6-7,11,18H,4-5,8-10H2,1-3H3. The van der Waals surface area contributed by atoms with Crippen molar-refractivity contribution in [1.29, 1.82) is 0 Å². The van der Waals surface area contributed by atoms with E-state index in [1.165, 1.54) is 10.4 Å². The van der Waals surface area contributed by atoms with Gasteiger partial charge in [-0.25, -0.2) is 0 Å². The first-order valence-electron chi connectivity index (χ1n) is 7.28. The second kappa shape index (κ2) is 8.13. The molecule has 0 atom stereocenters. The molecular weight excluding hydrogens is 348 g/mol. The van der Waals surface area contributed by atoms with Gasteiger partial charge in [0.25, 0.3) is 0 Å². The third-order valence-electron chi connectivity index (χ3n) is 3.26. The van der Waals surface area contributed by atoms with E-state index in [2.05, 4.69) is 64.6 Å². The van der Waals surface area contributed by atoms with Gasteiger partial charge in [-0.05, 0) is 60.6 Å². The predicted molar refractivity (Wildman–Crippen MR) is 92.6 cm³/mol. The highest BCUT2D eigenvalue weighted by Crippen LogP contribution is 2.22. The van der Waals surface area contributed by atoms with Crippen molar-refractivity contribution in [2.45, 2.75) is 39.9 Å². The van der Waals surface area contributed by atoms with E-state index >= 15 is 0 Å². The molecule has 0 aromatic carbocycles. The van der Waals surface area contributed by atoms with Gasteiger partial charge in [0.2, 0.25) is 0 Å². The smallest absolute Gasteiger partial charge is 0.120 e. The van der Waals surface area contributed by atoms with Crippen LogP contribution in [0.5, 0.6) is 0 Å². The molecule has 5 heteroatoms. The van der Waals surface area contributed by atoms with Crippen LogP contribution in [-0.2, 0) is 19.6 Å². The molecule has 21 heavy (non-hydrogen) atoms. The van der Waals surface area contributed by atoms with E-state index in [9.17, 15) is 0 Å². The number of halogens is 1. The van der Waals surface area contributed by atoms with Crippen LogP contribution in [0.25, 0.3) is 0 Å². The molecule has 0 amide bonds. The Balaban J connectivity index is 1.88. The fourth-order valence-electron chi connectivity index (χ4n) is 2.25. The van der Waals surface area contributed by atoms with Crippen molar-refractivity contribution >= 4 is 27.3 Å². The number of nitrogens with one attached hydrogen (secondary N) is 1. The lowest BCUT2D eigenvalue weighted by atomic mass is 10.2. The van der Waals surface area contributed by atoms with Gasteiger partial charge in [-0.15, -0.1) is 11.3 Å². The molecule has 0 aliphatic heterocycles. The normalized spacial score (nSPS) is 11.5. The molecule has 2 rings (SSSR count). The summed E-state index contributed by atoms with van der Waals surface area (Å²) in [6.45, 7) is 7.92. The highest BCUT2D eigenvalue weighted by molar-refractivity contribution is 9.10. The van der Waals surface area contributed by atoms with Crippen LogP contribution in [0, 0.1) is 6.92 Å². The van der Waals surface area contributed by atoms with Crippen molar-refractivity contribution < 1.29 is 4.42 Å². The SMILES string of the molecule is CCCNCc1oc(CN(C)Cc2cc(Br)cs2)cc1C. The summed E-state index contributed by atoms with van der Waals surface area (Å²) in [6.07, 6.45) is 1.14. The first-order chi connectivity index (χ1) is 10.1. The molecule has 1 N–H and O–H groups in total. The van der Waals surface area contributed by atoms with Crippen LogP contribution in [0.2, 0.25) is 0 Å². The Labute approximate surface area is 139 Å². The van der Waals surface area contributed by atoms with Crippen molar-refractivity contribution in [3.05, 3.63) is 43.9 Å². The quantitative estimate of drug-likeness (QED) is 0.691. The zero-order valence-electron chi connectivity index (χ0n) is 12.9. The van der Waals surface area contributed by atoms with Gasteiger partial charge in [0, 0.05) is 21.3 Å². The maximum Gasteiger partial charge on any atom is 0.120 e. The number of thiophene rings is 1. The van der Waals surface area contributed by atoms with E-state index in [0.29, 0.717) is 0 Å². The fourth-order valence-corrected chi connectivity index (χ4v) is 3.78. The lowest BCUT2D eigenvalue weighted by molar-refractivity contribution is 0.284. The summed E-state index contributed by atoms with van der Waals surface area (Å²) >= 11 is 5.28. The van der Waals surface area contributed by atoms with Gasteiger partial charge in [0.15, 0.2) is 0 Å². The summed E-state index contributed by atoms with van der Waals surface area (Å²) in [5.41, 5.74) is 1.24. The number of hydrogen-bond acceptors (Lipinski definition) is 4. The average molecular weight is 371 g/mol. The number of nitrogens with zero attached hydrogens (tertiary/aromatic N) is 1. The minimum absolute atomic E-state index is 0.821. The minimum Gasteiger partial charge on any atom is -0.463 e. The van der Waals surface area contributed by atoms with Gasteiger partial charge < -0.3 is 9.73 Å². The molecule has 0 radical (unpaired) electrons. The molecule has 0 aliphatic rings. The maximum absolute atomic E-state index is 5.96. The number of rotatable bonds is 8. The van der Waals surface area contributed by atoms with Gasteiger partial charge in [-0.3, -0.25) is 4.90 Å². The highest BCUT2D eigenvalue weighted by atomic mass is 79.9. The molecular formula is C16H23BrN2OS. The Kier molecular flexibility index (Phi) is 6.48. The van der Waals surface area contributed by atoms with Gasteiger partial charge in [-0.2, -0.15) is 0 Å². The van der Waals surface area contributed by atoms with Crippen LogP contribution in [0.4, 0.5) is 0 Å². The summed E-state index contributed by atoms with van der Waals surface area (Å²) in [7, 11) is 2.13. The van der Waals surface area contributed by atoms with E-state index < -0.39 is 0 Å². The first-order valence-corrected chi connectivity index (χ1v) is 8.96. The Bertz CT molecular complexity index is 564. The Morgan fingerprint density at radius 1 is 1.33 bits per heavy atom. The van der Waals surface area contributed by atoms with Crippen molar-refractivity contribution in [3.8, 4) is 0 Å². The highest BCUT2D eigenvalue weighted by Gasteiger charge is 2.10. The van der Waals surface area contributed by atoms with Crippen molar-refractivity contribution in [3.63, 3.8) is 0 Å². The number of hydrogen-bond donors (Lipinski definition) is 1. The molecule has 2 heterocycles. The Morgan fingerprint density at radius 2 is 2.14 bits per heavy atom. The molecule has 0 saturated carbocycles. The lowest BCUT2D eigenvalue weighted by Crippen LogP contribution is -2.16. The lowest BCUT2D eigenvalue weighted by Gasteiger charge is -2.13. The zero-order valence-corrected chi connectivity index (χ0v) is 15.3. The summed E-state index contributed by atoms with van der Waals surface area (Å²) in [4.78, 5) is 3.64. The minimum atomic E-state index is 0.821. The second-order valence-electron chi connectivity index (χ2n) is 5.40. The number of aryl methyl sites for hydroxylation is 1. The third kappa shape index (κ3) is 5.25. The second-order valence-corrected chi connectivity index (χ2v) is 7.31. The summed E-state index contributed by atoms with van der Waals surface area (Å²) < 4.78 is 7.13. The third-order valence-corrected chi connectivity index (χ3v) is 4.94. The largest absolute Gasteiger partial charge is 0.463 e. The van der Waals surface area contributed by atoms with Crippen LogP contribution in [-0.4, -0.2) is 18.5 Å². The Hall–Kier alpha value is -0.620.